The van der Waals surface area contributed by atoms with Crippen molar-refractivity contribution in [1.82, 2.24) is 10.3 Å². The number of nitrogens with one attached hydrogen (secondary N) is 2. The molecular formula is C27H24FN3O. The van der Waals surface area contributed by atoms with Crippen molar-refractivity contribution in [2.24, 2.45) is 0 Å². The number of hydrogen-bond acceptors (Lipinski definition) is 2. The van der Waals surface area contributed by atoms with Gasteiger partial charge in [0, 0.05) is 12.6 Å². The maximum atomic E-state index is 14.4. The number of halogens is 1. The van der Waals surface area contributed by atoms with E-state index in [1.165, 1.54) is 6.07 Å². The van der Waals surface area contributed by atoms with Crippen molar-refractivity contribution in [1.29, 1.82) is 0 Å². The van der Waals surface area contributed by atoms with Gasteiger partial charge in [-0.25, -0.2) is 9.18 Å². The van der Waals surface area contributed by atoms with E-state index in [0.29, 0.717) is 12.1 Å². The molecule has 0 spiro atoms. The van der Waals surface area contributed by atoms with Crippen LogP contribution in [-0.2, 0) is 12.0 Å². The third-order valence-corrected chi connectivity index (χ3v) is 5.38. The molecule has 4 nitrogen and oxygen atoms in total. The molecule has 0 bridgehead atoms. The zero-order valence-corrected chi connectivity index (χ0v) is 17.8. The second kappa shape index (κ2) is 9.43. The molecule has 2 N–H and O–H groups in total. The van der Waals surface area contributed by atoms with E-state index in [0.717, 1.165) is 16.7 Å². The molecule has 0 radical (unpaired) electrons. The molecule has 2 amide bonds. The third kappa shape index (κ3) is 4.67. The Bertz CT molecular complexity index is 1140. The largest absolute Gasteiger partial charge is 0.322 e. The number of hydrogen-bond donors (Lipinski definition) is 2. The summed E-state index contributed by atoms with van der Waals surface area (Å²) in [5, 5.41) is 5.79. The van der Waals surface area contributed by atoms with Crippen LogP contribution in [0.3, 0.4) is 0 Å². The van der Waals surface area contributed by atoms with Crippen LogP contribution in [-0.4, -0.2) is 11.0 Å². The lowest BCUT2D eigenvalue weighted by Gasteiger charge is -2.35. The number of nitrogens with zero attached hydrogens (tertiary/aromatic N) is 1. The van der Waals surface area contributed by atoms with Gasteiger partial charge in [-0.15, -0.1) is 0 Å². The van der Waals surface area contributed by atoms with Gasteiger partial charge in [-0.05, 0) is 47.9 Å². The maximum Gasteiger partial charge on any atom is 0.320 e. The number of urea groups is 1. The van der Waals surface area contributed by atoms with Gasteiger partial charge >= 0.3 is 6.03 Å². The van der Waals surface area contributed by atoms with Crippen LogP contribution in [0.4, 0.5) is 14.9 Å². The molecule has 32 heavy (non-hydrogen) atoms. The Labute approximate surface area is 187 Å². The normalized spacial score (nSPS) is 12.6. The molecule has 4 rings (SSSR count). The molecule has 0 aliphatic carbocycles. The van der Waals surface area contributed by atoms with Gasteiger partial charge in [-0.1, -0.05) is 72.8 Å². The molecule has 5 heteroatoms. The molecule has 1 unspecified atom stereocenters. The molecule has 1 atom stereocenters. The number of aryl methyl sites for hydroxylation is 1. The zero-order valence-electron chi connectivity index (χ0n) is 17.8. The van der Waals surface area contributed by atoms with E-state index >= 15 is 0 Å². The Hall–Kier alpha value is -3.99. The lowest BCUT2D eigenvalue weighted by molar-refractivity contribution is 0.241. The van der Waals surface area contributed by atoms with E-state index in [1.807, 2.05) is 78.9 Å². The van der Waals surface area contributed by atoms with Gasteiger partial charge in [0.25, 0.3) is 0 Å². The van der Waals surface area contributed by atoms with Gasteiger partial charge < -0.3 is 10.6 Å². The first-order chi connectivity index (χ1) is 15.6. The second-order valence-corrected chi connectivity index (χ2v) is 7.71. The summed E-state index contributed by atoms with van der Waals surface area (Å²) in [6.07, 6.45) is 2.18. The SMILES string of the molecule is Cc1ccc(NC(=O)NC(Cc2ccccc2)(c2ccccc2)c2ccccn2)c(F)c1. The lowest BCUT2D eigenvalue weighted by atomic mass is 9.80. The highest BCUT2D eigenvalue weighted by atomic mass is 19.1. The standard InChI is InChI=1S/C27H24FN3O/c1-20-15-16-24(23(28)18-20)30-26(32)31-27(22-12-6-3-7-13-22,25-14-8-9-17-29-25)19-21-10-4-2-5-11-21/h2-18H,19H2,1H3,(H2,30,31,32). The average Bonchev–Trinajstić information content (AvgIpc) is 2.82. The summed E-state index contributed by atoms with van der Waals surface area (Å²) in [5.41, 5.74) is 2.54. The quantitative estimate of drug-likeness (QED) is 0.408. The fourth-order valence-corrected chi connectivity index (χ4v) is 3.83. The number of rotatable bonds is 6. The van der Waals surface area contributed by atoms with Crippen molar-refractivity contribution in [2.75, 3.05) is 5.32 Å². The molecule has 160 valence electrons. The van der Waals surface area contributed by atoms with Crippen molar-refractivity contribution in [3.05, 3.63) is 131 Å². The monoisotopic (exact) mass is 425 g/mol. The highest BCUT2D eigenvalue weighted by molar-refractivity contribution is 5.90. The number of carbonyl (C=O) groups excluding carboxylic acids is 1. The summed E-state index contributed by atoms with van der Waals surface area (Å²) in [4.78, 5) is 17.8. The van der Waals surface area contributed by atoms with Gasteiger partial charge in [-0.2, -0.15) is 0 Å². The van der Waals surface area contributed by atoms with E-state index in [2.05, 4.69) is 15.6 Å². The zero-order chi connectivity index (χ0) is 22.4. The summed E-state index contributed by atoms with van der Waals surface area (Å²) in [6.45, 7) is 1.80. The predicted molar refractivity (Wildman–Crippen MR) is 125 cm³/mol. The fraction of sp³-hybridized carbons (Fsp3) is 0.111. The van der Waals surface area contributed by atoms with E-state index in [1.54, 1.807) is 25.3 Å². The Kier molecular flexibility index (Phi) is 6.26. The summed E-state index contributed by atoms with van der Waals surface area (Å²) < 4.78 is 14.4. The van der Waals surface area contributed by atoms with Crippen molar-refractivity contribution >= 4 is 11.7 Å². The van der Waals surface area contributed by atoms with E-state index in [9.17, 15) is 9.18 Å². The van der Waals surface area contributed by atoms with Crippen molar-refractivity contribution in [2.45, 2.75) is 18.9 Å². The molecule has 0 aliphatic rings. The van der Waals surface area contributed by atoms with E-state index < -0.39 is 17.4 Å². The predicted octanol–water partition coefficient (Wildman–Crippen LogP) is 5.84. The van der Waals surface area contributed by atoms with Crippen molar-refractivity contribution in [3.63, 3.8) is 0 Å². The minimum absolute atomic E-state index is 0.121. The first kappa shape index (κ1) is 21.2. The fourth-order valence-electron chi connectivity index (χ4n) is 3.83. The Morgan fingerprint density at radius 1 is 0.906 bits per heavy atom. The molecule has 0 saturated heterocycles. The topological polar surface area (TPSA) is 54.0 Å². The van der Waals surface area contributed by atoms with Gasteiger partial charge in [0.05, 0.1) is 11.4 Å². The van der Waals surface area contributed by atoms with Crippen LogP contribution in [0.2, 0.25) is 0 Å². The molecule has 4 aromatic rings. The van der Waals surface area contributed by atoms with E-state index in [-0.39, 0.29) is 5.69 Å². The second-order valence-electron chi connectivity index (χ2n) is 7.71. The summed E-state index contributed by atoms with van der Waals surface area (Å²) >= 11 is 0. The van der Waals surface area contributed by atoms with Gasteiger partial charge in [0.2, 0.25) is 0 Å². The Balaban J connectivity index is 1.77. The molecule has 3 aromatic carbocycles. The Morgan fingerprint density at radius 2 is 1.59 bits per heavy atom. The summed E-state index contributed by atoms with van der Waals surface area (Å²) in [7, 11) is 0. The first-order valence-electron chi connectivity index (χ1n) is 10.4. The van der Waals surface area contributed by atoms with Gasteiger partial charge in [-0.3, -0.25) is 4.98 Å². The molecule has 0 fully saturated rings. The third-order valence-electron chi connectivity index (χ3n) is 5.38. The van der Waals surface area contributed by atoms with Crippen LogP contribution < -0.4 is 10.6 Å². The molecule has 1 aromatic heterocycles. The number of aromatic nitrogens is 1. The highest BCUT2D eigenvalue weighted by Gasteiger charge is 2.37. The smallest absolute Gasteiger partial charge is 0.320 e. The van der Waals surface area contributed by atoms with Crippen LogP contribution in [0.25, 0.3) is 0 Å². The van der Waals surface area contributed by atoms with Gasteiger partial charge in [0.15, 0.2) is 0 Å². The first-order valence-corrected chi connectivity index (χ1v) is 10.4. The number of carbonyl (C=O) groups is 1. The number of anilines is 1. The van der Waals surface area contributed by atoms with Crippen LogP contribution >= 0.6 is 0 Å². The van der Waals surface area contributed by atoms with Crippen LogP contribution in [0, 0.1) is 12.7 Å². The Morgan fingerprint density at radius 3 is 2.25 bits per heavy atom. The number of amides is 2. The van der Waals surface area contributed by atoms with Crippen molar-refractivity contribution < 1.29 is 9.18 Å². The van der Waals surface area contributed by atoms with Crippen LogP contribution in [0.5, 0.6) is 0 Å². The van der Waals surface area contributed by atoms with Gasteiger partial charge in [0.1, 0.15) is 11.4 Å². The molecule has 0 saturated carbocycles. The summed E-state index contributed by atoms with van der Waals surface area (Å²) in [6, 6.07) is 29.4. The van der Waals surface area contributed by atoms with Crippen LogP contribution in [0.1, 0.15) is 22.4 Å². The van der Waals surface area contributed by atoms with Crippen LogP contribution in [0.15, 0.2) is 103 Å². The maximum absolute atomic E-state index is 14.4. The average molecular weight is 426 g/mol. The molecule has 0 aliphatic heterocycles. The van der Waals surface area contributed by atoms with Crippen molar-refractivity contribution in [3.8, 4) is 0 Å². The summed E-state index contributed by atoms with van der Waals surface area (Å²) in [5.74, 6) is -0.480. The van der Waals surface area contributed by atoms with E-state index in [4.69, 9.17) is 0 Å². The minimum Gasteiger partial charge on any atom is -0.322 e. The molecule has 1 heterocycles. The minimum atomic E-state index is -0.963. The lowest BCUT2D eigenvalue weighted by Crippen LogP contribution is -2.50. The number of pyridine rings is 1. The highest BCUT2D eigenvalue weighted by Crippen LogP contribution is 2.32. The number of benzene rings is 3. The molecular weight excluding hydrogens is 401 g/mol.